The molecule has 0 spiro atoms. The predicted octanol–water partition coefficient (Wildman–Crippen LogP) is 1.55. The maximum absolute atomic E-state index is 13.0. The van der Waals surface area contributed by atoms with Crippen molar-refractivity contribution in [3.8, 4) is 11.5 Å². The summed E-state index contributed by atoms with van der Waals surface area (Å²) in [5, 5.41) is 23.1. The number of aldehydes is 1. The van der Waals surface area contributed by atoms with E-state index in [0.717, 1.165) is 0 Å². The lowest BCUT2D eigenvalue weighted by Crippen LogP contribution is -2.56. The second kappa shape index (κ2) is 14.5. The number of carbonyl (C=O) groups excluding carboxylic acids is 3. The molecule has 2 rings (SSSR count). The Bertz CT molecular complexity index is 952. The number of nitrogens with one attached hydrogen (secondary N) is 1. The number of benzene rings is 1. The molecule has 1 aromatic rings. The fraction of sp³-hybridized carbons (Fsp3) is 0.560. The number of hydrogen-bond acceptors (Lipinski definition) is 8. The lowest BCUT2D eigenvalue weighted by Gasteiger charge is -2.41. The maximum atomic E-state index is 13.0. The highest BCUT2D eigenvalue weighted by atomic mass is 127. The zero-order valence-corrected chi connectivity index (χ0v) is 23.2. The highest BCUT2D eigenvalue weighted by molar-refractivity contribution is 14.1. The number of hydrogen-bond donors (Lipinski definition) is 3. The van der Waals surface area contributed by atoms with E-state index in [2.05, 4.69) is 5.32 Å². The molecule has 1 aliphatic rings. The fourth-order valence-electron chi connectivity index (χ4n) is 3.92. The monoisotopic (exact) mass is 618 g/mol. The van der Waals surface area contributed by atoms with Crippen molar-refractivity contribution in [2.45, 2.75) is 44.9 Å². The molecule has 1 aromatic carbocycles. The molecule has 0 bridgehead atoms. The normalized spacial score (nSPS) is 19.4. The van der Waals surface area contributed by atoms with Gasteiger partial charge in [0.1, 0.15) is 25.1 Å². The van der Waals surface area contributed by atoms with E-state index in [-0.39, 0.29) is 32.1 Å². The summed E-state index contributed by atoms with van der Waals surface area (Å²) in [5.41, 5.74) is 0.720. The molecule has 0 aliphatic heterocycles. The summed E-state index contributed by atoms with van der Waals surface area (Å²) >= 11 is 2.00. The van der Waals surface area contributed by atoms with E-state index in [0.29, 0.717) is 51.4 Å². The lowest BCUT2D eigenvalue weighted by molar-refractivity contribution is -0.142. The number of ether oxygens (including phenoxy) is 3. The van der Waals surface area contributed by atoms with Crippen LogP contribution in [0.25, 0.3) is 0 Å². The van der Waals surface area contributed by atoms with Gasteiger partial charge in [-0.3, -0.25) is 14.4 Å². The summed E-state index contributed by atoms with van der Waals surface area (Å²) in [4.78, 5) is 38.6. The van der Waals surface area contributed by atoms with Gasteiger partial charge in [0.05, 0.1) is 23.3 Å². The number of aliphatic hydroxyl groups is 2. The van der Waals surface area contributed by atoms with Crippen molar-refractivity contribution in [3.05, 3.63) is 32.9 Å². The SMILES string of the molecule is COCC(=O)N(CCC(C)C)[C@@H]1CC(C(=O)NCCO)=C[C@H](Oc2c(I)cc(C=O)cc2OC)[C@H]1O. The minimum atomic E-state index is -1.17. The van der Waals surface area contributed by atoms with Gasteiger partial charge in [0.25, 0.3) is 0 Å². The molecular formula is C25H35IN2O8. The average molecular weight is 618 g/mol. The predicted molar refractivity (Wildman–Crippen MR) is 141 cm³/mol. The molecule has 2 amide bonds. The molecule has 3 atom stereocenters. The first kappa shape index (κ1) is 30.0. The molecule has 200 valence electrons. The van der Waals surface area contributed by atoms with Crippen molar-refractivity contribution in [1.29, 1.82) is 0 Å². The third kappa shape index (κ3) is 7.89. The van der Waals surface area contributed by atoms with E-state index in [4.69, 9.17) is 19.3 Å². The Morgan fingerprint density at radius 3 is 2.61 bits per heavy atom. The Morgan fingerprint density at radius 2 is 2.03 bits per heavy atom. The van der Waals surface area contributed by atoms with Crippen LogP contribution in [0.1, 0.15) is 37.0 Å². The Kier molecular flexibility index (Phi) is 12.1. The van der Waals surface area contributed by atoms with Gasteiger partial charge < -0.3 is 34.6 Å². The molecule has 0 unspecified atom stereocenters. The molecule has 0 saturated carbocycles. The molecule has 10 nitrogen and oxygen atoms in total. The Labute approximate surface area is 225 Å². The zero-order valence-electron chi connectivity index (χ0n) is 21.0. The maximum Gasteiger partial charge on any atom is 0.248 e. The Morgan fingerprint density at radius 1 is 1.31 bits per heavy atom. The Balaban J connectivity index is 2.49. The van der Waals surface area contributed by atoms with Crippen LogP contribution in [0.4, 0.5) is 0 Å². The summed E-state index contributed by atoms with van der Waals surface area (Å²) in [6.45, 7) is 4.11. The van der Waals surface area contributed by atoms with E-state index in [1.54, 1.807) is 11.0 Å². The standard InChI is InChI=1S/C25H35IN2O8/c1-15(2)5-7-28(22(31)14-34-3)19-11-17(25(33)27-6-8-29)12-20(23(19)32)36-24-18(26)9-16(13-30)10-21(24)35-4/h9-10,12-13,15,19-20,23,29,32H,5-8,11,14H2,1-4H3,(H,27,33)/t19-,20+,23+/m1/s1. The van der Waals surface area contributed by atoms with Crippen LogP contribution < -0.4 is 14.8 Å². The molecule has 0 aromatic heterocycles. The first-order valence-corrected chi connectivity index (χ1v) is 12.8. The van der Waals surface area contributed by atoms with Gasteiger partial charge in [0, 0.05) is 37.8 Å². The van der Waals surface area contributed by atoms with Gasteiger partial charge in [-0.2, -0.15) is 0 Å². The van der Waals surface area contributed by atoms with E-state index >= 15 is 0 Å². The molecule has 0 radical (unpaired) electrons. The van der Waals surface area contributed by atoms with Crippen molar-refractivity contribution >= 4 is 40.7 Å². The van der Waals surface area contributed by atoms with Crippen molar-refractivity contribution in [2.24, 2.45) is 5.92 Å². The van der Waals surface area contributed by atoms with Crippen LogP contribution in [0, 0.1) is 9.49 Å². The minimum absolute atomic E-state index is 0.0630. The largest absolute Gasteiger partial charge is 0.493 e. The molecule has 11 heteroatoms. The van der Waals surface area contributed by atoms with Crippen LogP contribution in [-0.4, -0.2) is 92.0 Å². The number of nitrogens with zero attached hydrogens (tertiary/aromatic N) is 1. The number of carbonyl (C=O) groups is 3. The highest BCUT2D eigenvalue weighted by Gasteiger charge is 2.40. The second-order valence-electron chi connectivity index (χ2n) is 8.87. The second-order valence-corrected chi connectivity index (χ2v) is 10.0. The van der Waals surface area contributed by atoms with Crippen molar-refractivity contribution in [2.75, 3.05) is 40.5 Å². The van der Waals surface area contributed by atoms with Crippen LogP contribution in [0.5, 0.6) is 11.5 Å². The summed E-state index contributed by atoms with van der Waals surface area (Å²) in [6, 6.07) is 2.38. The van der Waals surface area contributed by atoms with Crippen LogP contribution in [0.3, 0.4) is 0 Å². The van der Waals surface area contributed by atoms with E-state index in [1.807, 2.05) is 36.4 Å². The van der Waals surface area contributed by atoms with Gasteiger partial charge in [-0.1, -0.05) is 13.8 Å². The van der Waals surface area contributed by atoms with Crippen molar-refractivity contribution in [1.82, 2.24) is 10.2 Å². The molecular weight excluding hydrogens is 583 g/mol. The number of halogens is 1. The van der Waals surface area contributed by atoms with Crippen LogP contribution in [-0.2, 0) is 14.3 Å². The van der Waals surface area contributed by atoms with Gasteiger partial charge in [0.15, 0.2) is 11.5 Å². The smallest absolute Gasteiger partial charge is 0.248 e. The molecule has 0 fully saturated rings. The topological polar surface area (TPSA) is 135 Å². The molecule has 36 heavy (non-hydrogen) atoms. The van der Waals surface area contributed by atoms with E-state index in [1.165, 1.54) is 26.4 Å². The van der Waals surface area contributed by atoms with Crippen LogP contribution in [0.15, 0.2) is 23.8 Å². The fourth-order valence-corrected chi connectivity index (χ4v) is 4.67. The molecule has 0 heterocycles. The summed E-state index contributed by atoms with van der Waals surface area (Å²) in [7, 11) is 2.86. The van der Waals surface area contributed by atoms with Crippen molar-refractivity contribution < 1.29 is 38.8 Å². The zero-order chi connectivity index (χ0) is 26.8. The third-order valence-electron chi connectivity index (χ3n) is 5.79. The van der Waals surface area contributed by atoms with Gasteiger partial charge in [-0.25, -0.2) is 0 Å². The number of aliphatic hydroxyl groups excluding tert-OH is 2. The van der Waals surface area contributed by atoms with Crippen LogP contribution >= 0.6 is 22.6 Å². The third-order valence-corrected chi connectivity index (χ3v) is 6.59. The van der Waals surface area contributed by atoms with E-state index in [9.17, 15) is 19.5 Å². The molecule has 1 aliphatic carbocycles. The average Bonchev–Trinajstić information content (AvgIpc) is 2.85. The summed E-state index contributed by atoms with van der Waals surface area (Å²) in [5.74, 6) is 0.179. The summed E-state index contributed by atoms with van der Waals surface area (Å²) < 4.78 is 17.2. The minimum Gasteiger partial charge on any atom is -0.493 e. The first-order chi connectivity index (χ1) is 17.2. The Hall–Kier alpha value is -2.22. The number of amides is 2. The summed E-state index contributed by atoms with van der Waals surface area (Å²) in [6.07, 6.45) is 0.845. The number of methoxy groups -OCH3 is 2. The van der Waals surface area contributed by atoms with Gasteiger partial charge in [-0.15, -0.1) is 0 Å². The number of rotatable bonds is 13. The van der Waals surface area contributed by atoms with Gasteiger partial charge in [-0.05, 0) is 53.1 Å². The lowest BCUT2D eigenvalue weighted by atomic mass is 9.87. The first-order valence-electron chi connectivity index (χ1n) is 11.7. The van der Waals surface area contributed by atoms with Crippen LogP contribution in [0.2, 0.25) is 0 Å². The quantitative estimate of drug-likeness (QED) is 0.224. The van der Waals surface area contributed by atoms with E-state index < -0.39 is 24.2 Å². The van der Waals surface area contributed by atoms with Gasteiger partial charge in [0.2, 0.25) is 11.8 Å². The van der Waals surface area contributed by atoms with Gasteiger partial charge >= 0.3 is 0 Å². The molecule has 3 N–H and O–H groups in total. The van der Waals surface area contributed by atoms with Crippen molar-refractivity contribution in [3.63, 3.8) is 0 Å². The highest BCUT2D eigenvalue weighted by Crippen LogP contribution is 2.37. The molecule has 0 saturated heterocycles.